The van der Waals surface area contributed by atoms with Crippen LogP contribution < -0.4 is 0 Å². The van der Waals surface area contributed by atoms with Gasteiger partial charge in [0, 0.05) is 5.56 Å². The molecule has 0 saturated carbocycles. The quantitative estimate of drug-likeness (QED) is 0.696. The molecular weight excluding hydrogens is 350 g/mol. The van der Waals surface area contributed by atoms with E-state index in [1.54, 1.807) is 0 Å². The van der Waals surface area contributed by atoms with Crippen molar-refractivity contribution in [2.45, 2.75) is 33.0 Å². The third kappa shape index (κ3) is 3.07. The average Bonchev–Trinajstić information content (AvgIpc) is 2.99. The highest BCUT2D eigenvalue weighted by Crippen LogP contribution is 2.34. The highest BCUT2D eigenvalue weighted by atomic mass is 16.5. The van der Waals surface area contributed by atoms with Gasteiger partial charge in [-0.25, -0.2) is 0 Å². The molecule has 1 aromatic heterocycles. The van der Waals surface area contributed by atoms with Crippen LogP contribution in [0.1, 0.15) is 40.3 Å². The number of benzene rings is 2. The Labute approximate surface area is 164 Å². The Morgan fingerprint density at radius 3 is 2.71 bits per heavy atom. The van der Waals surface area contributed by atoms with Crippen molar-refractivity contribution in [1.29, 1.82) is 0 Å². The predicted molar refractivity (Wildman–Crippen MR) is 107 cm³/mol. The topological polar surface area (TPSA) is 49.2 Å². The van der Waals surface area contributed by atoms with E-state index in [1.165, 1.54) is 27.8 Å². The van der Waals surface area contributed by atoms with Gasteiger partial charge in [0.1, 0.15) is 12.4 Å². The molecule has 0 N–H and O–H groups in total. The molecule has 0 spiro atoms. The number of nitrogens with zero attached hydrogens (tertiary/aromatic N) is 3. The maximum absolute atomic E-state index is 6.01. The molecule has 3 aromatic rings. The van der Waals surface area contributed by atoms with Gasteiger partial charge in [0.05, 0.1) is 25.5 Å². The molecule has 2 aliphatic rings. The van der Waals surface area contributed by atoms with Gasteiger partial charge in [-0.1, -0.05) is 42.5 Å². The summed E-state index contributed by atoms with van der Waals surface area (Å²) < 4.78 is 13.7. The van der Waals surface area contributed by atoms with E-state index in [0.717, 1.165) is 36.8 Å². The molecule has 0 saturated heterocycles. The molecule has 5 nitrogen and oxygen atoms in total. The van der Waals surface area contributed by atoms with Crippen LogP contribution in [0.15, 0.2) is 48.5 Å². The monoisotopic (exact) mass is 373 g/mol. The van der Waals surface area contributed by atoms with Crippen LogP contribution in [0.25, 0.3) is 11.3 Å². The number of aromatic nitrogens is 3. The van der Waals surface area contributed by atoms with Crippen LogP contribution in [0.3, 0.4) is 0 Å². The summed E-state index contributed by atoms with van der Waals surface area (Å²) >= 11 is 0. The van der Waals surface area contributed by atoms with Crippen molar-refractivity contribution in [3.8, 4) is 5.69 Å². The SMILES string of the molecule is Cc1nnc2n1-c1ccc(C3=CCOCC3)c(Cc3ccccc3)c1COC2. The maximum Gasteiger partial charge on any atom is 0.163 e. The summed E-state index contributed by atoms with van der Waals surface area (Å²) in [7, 11) is 0. The summed E-state index contributed by atoms with van der Waals surface area (Å²) in [6.45, 7) is 4.52. The van der Waals surface area contributed by atoms with Crippen molar-refractivity contribution in [3.05, 3.63) is 82.4 Å². The molecule has 28 heavy (non-hydrogen) atoms. The molecule has 142 valence electrons. The predicted octanol–water partition coefficient (Wildman–Crippen LogP) is 4.00. The van der Waals surface area contributed by atoms with Crippen molar-refractivity contribution in [3.63, 3.8) is 0 Å². The van der Waals surface area contributed by atoms with Crippen molar-refractivity contribution >= 4 is 5.57 Å². The lowest BCUT2D eigenvalue weighted by Crippen LogP contribution is -2.10. The van der Waals surface area contributed by atoms with E-state index in [4.69, 9.17) is 9.47 Å². The fourth-order valence-electron chi connectivity index (χ4n) is 4.18. The second-order valence-corrected chi connectivity index (χ2v) is 7.30. The molecule has 5 rings (SSSR count). The van der Waals surface area contributed by atoms with Gasteiger partial charge in [-0.2, -0.15) is 0 Å². The molecule has 0 fully saturated rings. The molecule has 0 atom stereocenters. The van der Waals surface area contributed by atoms with Crippen LogP contribution in [0, 0.1) is 6.92 Å². The summed E-state index contributed by atoms with van der Waals surface area (Å²) in [5.74, 6) is 1.75. The van der Waals surface area contributed by atoms with Gasteiger partial charge in [-0.15, -0.1) is 10.2 Å². The molecule has 0 amide bonds. The van der Waals surface area contributed by atoms with Crippen LogP contribution in [0.2, 0.25) is 0 Å². The number of fused-ring (bicyclic) bond motifs is 3. The normalized spacial score (nSPS) is 16.1. The molecule has 2 aliphatic heterocycles. The van der Waals surface area contributed by atoms with Crippen LogP contribution in [0.5, 0.6) is 0 Å². The molecule has 2 aromatic carbocycles. The number of aryl methyl sites for hydroxylation is 1. The number of rotatable bonds is 3. The molecule has 0 aliphatic carbocycles. The molecule has 3 heterocycles. The Bertz CT molecular complexity index is 1040. The molecular formula is C23H23N3O2. The molecule has 5 heteroatoms. The lowest BCUT2D eigenvalue weighted by atomic mass is 9.88. The highest BCUT2D eigenvalue weighted by Gasteiger charge is 2.23. The van der Waals surface area contributed by atoms with E-state index >= 15 is 0 Å². The molecule has 0 bridgehead atoms. The van der Waals surface area contributed by atoms with E-state index in [-0.39, 0.29) is 0 Å². The smallest absolute Gasteiger partial charge is 0.163 e. The summed E-state index contributed by atoms with van der Waals surface area (Å²) in [6, 6.07) is 15.1. The van der Waals surface area contributed by atoms with Crippen LogP contribution in [0.4, 0.5) is 0 Å². The Kier molecular flexibility index (Phi) is 4.55. The van der Waals surface area contributed by atoms with E-state index in [9.17, 15) is 0 Å². The maximum atomic E-state index is 6.01. The Morgan fingerprint density at radius 1 is 1.00 bits per heavy atom. The summed E-state index contributed by atoms with van der Waals surface area (Å²) in [5, 5.41) is 8.57. The van der Waals surface area contributed by atoms with Crippen molar-refractivity contribution < 1.29 is 9.47 Å². The van der Waals surface area contributed by atoms with Gasteiger partial charge in [0.15, 0.2) is 5.82 Å². The number of hydrogen-bond acceptors (Lipinski definition) is 4. The lowest BCUT2D eigenvalue weighted by molar-refractivity contribution is 0.104. The van der Waals surface area contributed by atoms with Gasteiger partial charge in [0.25, 0.3) is 0 Å². The van der Waals surface area contributed by atoms with Crippen LogP contribution >= 0.6 is 0 Å². The van der Waals surface area contributed by atoms with E-state index in [0.29, 0.717) is 19.8 Å². The Hall–Kier alpha value is -2.76. The van der Waals surface area contributed by atoms with E-state index < -0.39 is 0 Å². The minimum absolute atomic E-state index is 0.478. The summed E-state index contributed by atoms with van der Waals surface area (Å²) in [6.07, 6.45) is 4.03. The van der Waals surface area contributed by atoms with Gasteiger partial charge in [0.2, 0.25) is 0 Å². The second-order valence-electron chi connectivity index (χ2n) is 7.30. The van der Waals surface area contributed by atoms with Crippen molar-refractivity contribution in [1.82, 2.24) is 14.8 Å². The summed E-state index contributed by atoms with van der Waals surface area (Å²) in [5.41, 5.74) is 7.67. The Morgan fingerprint density at radius 2 is 1.89 bits per heavy atom. The zero-order valence-electron chi connectivity index (χ0n) is 16.0. The second kappa shape index (κ2) is 7.34. The first kappa shape index (κ1) is 17.3. The fourth-order valence-corrected chi connectivity index (χ4v) is 4.18. The first-order valence-electron chi connectivity index (χ1n) is 9.76. The van der Waals surface area contributed by atoms with Crippen LogP contribution in [-0.2, 0) is 29.1 Å². The standard InChI is InChI=1S/C23H23N3O2/c1-16-24-25-23-15-28-14-21-20(13-17-5-3-2-4-6-17)19(7-8-22(21)26(16)23)18-9-11-27-12-10-18/h2-9H,10-15H2,1H3. The van der Waals surface area contributed by atoms with Gasteiger partial charge >= 0.3 is 0 Å². The van der Waals surface area contributed by atoms with Crippen LogP contribution in [-0.4, -0.2) is 28.0 Å². The number of hydrogen-bond donors (Lipinski definition) is 0. The third-order valence-corrected chi connectivity index (χ3v) is 5.55. The van der Waals surface area contributed by atoms with Gasteiger partial charge in [-0.05, 0) is 48.1 Å². The van der Waals surface area contributed by atoms with Gasteiger partial charge < -0.3 is 9.47 Å². The molecule has 0 radical (unpaired) electrons. The first-order chi connectivity index (χ1) is 13.8. The lowest BCUT2D eigenvalue weighted by Gasteiger charge is -2.22. The average molecular weight is 373 g/mol. The highest BCUT2D eigenvalue weighted by molar-refractivity contribution is 5.72. The van der Waals surface area contributed by atoms with Gasteiger partial charge in [-0.3, -0.25) is 4.57 Å². The largest absolute Gasteiger partial charge is 0.377 e. The fraction of sp³-hybridized carbons (Fsp3) is 0.304. The van der Waals surface area contributed by atoms with Crippen molar-refractivity contribution in [2.24, 2.45) is 0 Å². The van der Waals surface area contributed by atoms with E-state index in [1.807, 2.05) is 6.92 Å². The minimum atomic E-state index is 0.478. The zero-order valence-corrected chi connectivity index (χ0v) is 16.0. The first-order valence-corrected chi connectivity index (χ1v) is 9.76. The molecule has 0 unspecified atom stereocenters. The summed E-state index contributed by atoms with van der Waals surface area (Å²) in [4.78, 5) is 0. The van der Waals surface area contributed by atoms with E-state index in [2.05, 4.69) is 63.3 Å². The van der Waals surface area contributed by atoms with Crippen molar-refractivity contribution in [2.75, 3.05) is 13.2 Å². The minimum Gasteiger partial charge on any atom is -0.377 e. The number of ether oxygens (including phenoxy) is 2. The zero-order chi connectivity index (χ0) is 18.9. The third-order valence-electron chi connectivity index (χ3n) is 5.55. The Balaban J connectivity index is 1.71.